The maximum Gasteiger partial charge on any atom is 0.354 e. The van der Waals surface area contributed by atoms with E-state index in [1.54, 1.807) is 54.6 Å². The van der Waals surface area contributed by atoms with E-state index in [4.69, 9.17) is 14.2 Å². The summed E-state index contributed by atoms with van der Waals surface area (Å²) in [7, 11) is -1.83. The van der Waals surface area contributed by atoms with Gasteiger partial charge in [-0.25, -0.2) is 18.0 Å². The van der Waals surface area contributed by atoms with Crippen molar-refractivity contribution in [2.24, 2.45) is 0 Å². The topological polar surface area (TPSA) is 108 Å². The number of methoxy groups -OCH3 is 2. The molecule has 0 amide bonds. The molecular weight excluding hydrogens is 578 g/mol. The molecule has 2 atom stereocenters. The van der Waals surface area contributed by atoms with Crippen molar-refractivity contribution in [3.05, 3.63) is 149 Å². The third-order valence-electron chi connectivity index (χ3n) is 7.19. The molecule has 2 unspecified atom stereocenters. The van der Waals surface area contributed by atoms with Crippen LogP contribution in [0.15, 0.2) is 126 Å². The molecule has 4 aromatic rings. The molecule has 0 aliphatic carbocycles. The van der Waals surface area contributed by atoms with Gasteiger partial charge in [-0.3, -0.25) is 4.72 Å². The normalized spacial score (nSPS) is 13.8. The Morgan fingerprint density at radius 2 is 1.32 bits per heavy atom. The highest BCUT2D eigenvalue weighted by Gasteiger charge is 2.50. The maximum atomic E-state index is 14.1. The largest absolute Gasteiger partial charge is 0.467 e. The van der Waals surface area contributed by atoms with Crippen LogP contribution in [0.5, 0.6) is 0 Å². The van der Waals surface area contributed by atoms with Gasteiger partial charge in [-0.1, -0.05) is 108 Å². The van der Waals surface area contributed by atoms with E-state index in [1.165, 1.54) is 25.3 Å². The number of carbonyl (C=O) groups is 2. The van der Waals surface area contributed by atoms with Crippen molar-refractivity contribution in [1.82, 2.24) is 4.72 Å². The van der Waals surface area contributed by atoms with Gasteiger partial charge in [0.1, 0.15) is 5.70 Å². The molecule has 0 aromatic heterocycles. The molecule has 4 aromatic carbocycles. The van der Waals surface area contributed by atoms with Crippen LogP contribution < -0.4 is 4.72 Å². The molecule has 44 heavy (non-hydrogen) atoms. The molecule has 0 aliphatic rings. The Balaban J connectivity index is 1.98. The molecule has 228 valence electrons. The van der Waals surface area contributed by atoms with E-state index in [0.29, 0.717) is 11.1 Å². The summed E-state index contributed by atoms with van der Waals surface area (Å²) in [5, 5.41) is 0. The van der Waals surface area contributed by atoms with Crippen LogP contribution in [0.3, 0.4) is 0 Å². The second-order valence-corrected chi connectivity index (χ2v) is 11.9. The first-order chi connectivity index (χ1) is 21.1. The molecule has 0 radical (unpaired) electrons. The zero-order chi connectivity index (χ0) is 31.7. The lowest BCUT2D eigenvalue weighted by Gasteiger charge is -2.38. The van der Waals surface area contributed by atoms with Crippen molar-refractivity contribution in [1.29, 1.82) is 0 Å². The smallest absolute Gasteiger partial charge is 0.354 e. The van der Waals surface area contributed by atoms with Crippen molar-refractivity contribution in [3.63, 3.8) is 0 Å². The number of nitrogens with one attached hydrogen (secondary N) is 1. The van der Waals surface area contributed by atoms with Gasteiger partial charge in [0.05, 0.1) is 25.7 Å². The first kappa shape index (κ1) is 32.2. The minimum atomic E-state index is -4.23. The molecule has 0 bridgehead atoms. The van der Waals surface area contributed by atoms with E-state index in [9.17, 15) is 18.0 Å². The number of benzene rings is 4. The molecule has 4 rings (SSSR count). The van der Waals surface area contributed by atoms with Gasteiger partial charge in [0.2, 0.25) is 5.60 Å². The summed E-state index contributed by atoms with van der Waals surface area (Å²) in [5.41, 5.74) is 1.36. The minimum absolute atomic E-state index is 0.00366. The van der Waals surface area contributed by atoms with Gasteiger partial charge >= 0.3 is 11.9 Å². The van der Waals surface area contributed by atoms with Crippen LogP contribution in [0.4, 0.5) is 0 Å². The number of sulfonamides is 1. The van der Waals surface area contributed by atoms with Crippen LogP contribution in [0.1, 0.15) is 33.7 Å². The molecule has 0 aliphatic heterocycles. The van der Waals surface area contributed by atoms with Gasteiger partial charge in [-0.05, 0) is 48.7 Å². The molecule has 9 heteroatoms. The molecular formula is C35H35NO7S. The van der Waals surface area contributed by atoms with Crippen LogP contribution in [0.2, 0.25) is 0 Å². The van der Waals surface area contributed by atoms with Crippen LogP contribution in [-0.4, -0.2) is 34.6 Å². The van der Waals surface area contributed by atoms with Crippen molar-refractivity contribution in [3.8, 4) is 0 Å². The van der Waals surface area contributed by atoms with Crippen LogP contribution >= 0.6 is 0 Å². The zero-order valence-corrected chi connectivity index (χ0v) is 25.8. The van der Waals surface area contributed by atoms with Crippen molar-refractivity contribution in [2.75, 3.05) is 14.2 Å². The number of esters is 2. The Hall–Kier alpha value is -4.73. The highest BCUT2D eigenvalue weighted by Crippen LogP contribution is 2.44. The fraction of sp³-hybridized carbons (Fsp3) is 0.200. The summed E-state index contributed by atoms with van der Waals surface area (Å²) in [4.78, 5) is 27.2. The lowest BCUT2D eigenvalue weighted by molar-refractivity contribution is -0.176. The number of rotatable bonds is 12. The number of aryl methyl sites for hydroxylation is 2. The molecule has 0 fully saturated rings. The molecule has 1 N–H and O–H groups in total. The molecule has 0 saturated carbocycles. The Kier molecular flexibility index (Phi) is 10.4. The monoisotopic (exact) mass is 613 g/mol. The molecule has 8 nitrogen and oxygen atoms in total. The molecule has 0 saturated heterocycles. The van der Waals surface area contributed by atoms with Gasteiger partial charge in [0, 0.05) is 5.92 Å². The van der Waals surface area contributed by atoms with Gasteiger partial charge in [-0.15, -0.1) is 0 Å². The number of ether oxygens (including phenoxy) is 3. The van der Waals surface area contributed by atoms with E-state index in [2.05, 4.69) is 4.72 Å². The predicted octanol–water partition coefficient (Wildman–Crippen LogP) is 5.71. The third kappa shape index (κ3) is 7.24. The van der Waals surface area contributed by atoms with Gasteiger partial charge in [-0.2, -0.15) is 0 Å². The van der Waals surface area contributed by atoms with Crippen LogP contribution in [0, 0.1) is 13.8 Å². The van der Waals surface area contributed by atoms with Crippen molar-refractivity contribution < 1.29 is 32.2 Å². The van der Waals surface area contributed by atoms with E-state index in [1.807, 2.05) is 56.3 Å². The summed E-state index contributed by atoms with van der Waals surface area (Å²) in [6.45, 7) is 3.76. The van der Waals surface area contributed by atoms with E-state index in [-0.39, 0.29) is 11.5 Å². The second-order valence-electron chi connectivity index (χ2n) is 10.2. The number of carbonyl (C=O) groups excluding carboxylic acids is 2. The minimum Gasteiger partial charge on any atom is -0.467 e. The highest BCUT2D eigenvalue weighted by molar-refractivity contribution is 7.89. The quantitative estimate of drug-likeness (QED) is 0.161. The van der Waals surface area contributed by atoms with E-state index >= 15 is 0 Å². The Morgan fingerprint density at radius 3 is 1.86 bits per heavy atom. The van der Waals surface area contributed by atoms with Crippen molar-refractivity contribution >= 4 is 22.0 Å². The molecule has 0 heterocycles. The maximum absolute atomic E-state index is 14.1. The SMILES string of the molecule is COC(=O)/C(=C/C(c1ccc(C)cc1)C(OCc1ccccc1)(C(=O)OC)c1ccccc1)NS(=O)(=O)c1ccc(C)cc1. The summed E-state index contributed by atoms with van der Waals surface area (Å²) in [6.07, 6.45) is 1.36. The number of hydrogen-bond acceptors (Lipinski definition) is 7. The fourth-order valence-electron chi connectivity index (χ4n) is 4.83. The average Bonchev–Trinajstić information content (AvgIpc) is 3.05. The van der Waals surface area contributed by atoms with Crippen molar-refractivity contribution in [2.45, 2.75) is 36.9 Å². The fourth-order valence-corrected chi connectivity index (χ4v) is 5.88. The van der Waals surface area contributed by atoms with Crippen LogP contribution in [-0.2, 0) is 46.0 Å². The first-order valence-electron chi connectivity index (χ1n) is 13.9. The summed E-state index contributed by atoms with van der Waals surface area (Å²) in [5.74, 6) is -2.77. The van der Waals surface area contributed by atoms with Gasteiger partial charge in [0.15, 0.2) is 0 Å². The first-order valence-corrected chi connectivity index (χ1v) is 15.4. The standard InChI is InChI=1S/C35H35NO7S/c1-25-15-19-28(20-16-25)31(23-32(33(37)41-3)36-44(39,40)30-21-17-26(2)18-22-30)35(34(38)42-4,29-13-9-6-10-14-29)43-24-27-11-7-5-8-12-27/h5-23,31,36H,24H2,1-4H3/b32-23-. The van der Waals surface area contributed by atoms with E-state index < -0.39 is 39.2 Å². The van der Waals surface area contributed by atoms with Crippen LogP contribution in [0.25, 0.3) is 0 Å². The highest BCUT2D eigenvalue weighted by atomic mass is 32.2. The molecule has 0 spiro atoms. The number of hydrogen-bond donors (Lipinski definition) is 1. The Labute approximate surface area is 258 Å². The average molecular weight is 614 g/mol. The summed E-state index contributed by atoms with van der Waals surface area (Å²) in [6, 6.07) is 31.6. The van der Waals surface area contributed by atoms with E-state index in [0.717, 1.165) is 23.8 Å². The lowest BCUT2D eigenvalue weighted by Crippen LogP contribution is -2.45. The lowest BCUT2D eigenvalue weighted by atomic mass is 9.76. The van der Waals surface area contributed by atoms with Gasteiger partial charge < -0.3 is 14.2 Å². The zero-order valence-electron chi connectivity index (χ0n) is 25.0. The summed E-state index contributed by atoms with van der Waals surface area (Å²) >= 11 is 0. The Morgan fingerprint density at radius 1 is 0.773 bits per heavy atom. The third-order valence-corrected chi connectivity index (χ3v) is 8.57. The Bertz CT molecular complexity index is 1700. The second kappa shape index (κ2) is 14.2. The van der Waals surface area contributed by atoms with Gasteiger partial charge in [0.25, 0.3) is 10.0 Å². The summed E-state index contributed by atoms with van der Waals surface area (Å²) < 4.78 is 46.3. The predicted molar refractivity (Wildman–Crippen MR) is 167 cm³/mol.